The topological polar surface area (TPSA) is 83.9 Å². The maximum absolute atomic E-state index is 13.1. The first-order valence-electron chi connectivity index (χ1n) is 9.77. The van der Waals surface area contributed by atoms with Crippen molar-refractivity contribution in [1.82, 2.24) is 4.90 Å². The fourth-order valence-corrected chi connectivity index (χ4v) is 4.96. The molecule has 2 aliphatic carbocycles. The highest BCUT2D eigenvalue weighted by Crippen LogP contribution is 2.51. The Balaban J connectivity index is 2.01. The molecule has 0 fully saturated rings. The zero-order valence-electron chi connectivity index (χ0n) is 16.2. The van der Waals surface area contributed by atoms with Crippen LogP contribution in [0, 0.1) is 0 Å². The van der Waals surface area contributed by atoms with Crippen molar-refractivity contribution in [1.29, 1.82) is 0 Å². The van der Waals surface area contributed by atoms with E-state index in [-0.39, 0.29) is 18.1 Å². The fourth-order valence-electron chi connectivity index (χ4n) is 4.78. The Morgan fingerprint density at radius 2 is 1.69 bits per heavy atom. The van der Waals surface area contributed by atoms with E-state index in [9.17, 15) is 19.5 Å². The van der Waals surface area contributed by atoms with E-state index in [1.165, 1.54) is 0 Å². The number of carbonyl (C=O) groups excluding carboxylic acids is 2. The number of ether oxygens (including phenoxy) is 1. The van der Waals surface area contributed by atoms with Gasteiger partial charge in [0.1, 0.15) is 12.3 Å². The molecule has 1 aromatic rings. The molecule has 6 nitrogen and oxygen atoms in total. The summed E-state index contributed by atoms with van der Waals surface area (Å²) < 4.78 is 5.54. The number of benzene rings is 1. The second-order valence-corrected chi connectivity index (χ2v) is 8.01. The summed E-state index contributed by atoms with van der Waals surface area (Å²) in [5, 5.41) is 9.98. The van der Waals surface area contributed by atoms with Gasteiger partial charge in [-0.1, -0.05) is 11.6 Å². The first kappa shape index (κ1) is 19.7. The van der Waals surface area contributed by atoms with Crippen molar-refractivity contribution in [3.8, 4) is 5.75 Å². The van der Waals surface area contributed by atoms with Crippen LogP contribution in [0.3, 0.4) is 0 Å². The molecule has 29 heavy (non-hydrogen) atoms. The molecule has 3 aliphatic rings. The third kappa shape index (κ3) is 3.35. The quantitative estimate of drug-likeness (QED) is 0.804. The Morgan fingerprint density at radius 1 is 1.10 bits per heavy atom. The van der Waals surface area contributed by atoms with E-state index in [4.69, 9.17) is 16.3 Å². The van der Waals surface area contributed by atoms with Crippen molar-refractivity contribution in [3.63, 3.8) is 0 Å². The molecule has 0 amide bonds. The lowest BCUT2D eigenvalue weighted by Crippen LogP contribution is -2.41. The van der Waals surface area contributed by atoms with Gasteiger partial charge in [0.15, 0.2) is 11.6 Å². The first-order chi connectivity index (χ1) is 13.9. The van der Waals surface area contributed by atoms with Crippen LogP contribution in [0.1, 0.15) is 50.0 Å². The normalized spacial score (nSPS) is 20.0. The monoisotopic (exact) mass is 415 g/mol. The van der Waals surface area contributed by atoms with E-state index < -0.39 is 11.9 Å². The third-order valence-corrected chi connectivity index (χ3v) is 6.12. The van der Waals surface area contributed by atoms with E-state index in [0.717, 1.165) is 11.4 Å². The van der Waals surface area contributed by atoms with Gasteiger partial charge in [0.05, 0.1) is 7.11 Å². The minimum atomic E-state index is -0.987. The first-order valence-corrected chi connectivity index (χ1v) is 10.2. The van der Waals surface area contributed by atoms with E-state index in [2.05, 4.69) is 0 Å². The molecule has 4 rings (SSSR count). The third-order valence-electron chi connectivity index (χ3n) is 5.88. The van der Waals surface area contributed by atoms with Gasteiger partial charge in [-0.05, 0) is 43.9 Å². The van der Waals surface area contributed by atoms with Crippen LogP contribution in [0.15, 0.2) is 40.7 Å². The van der Waals surface area contributed by atoms with Gasteiger partial charge in [-0.2, -0.15) is 0 Å². The Bertz CT molecular complexity index is 933. The van der Waals surface area contributed by atoms with Crippen LogP contribution >= 0.6 is 11.6 Å². The molecule has 0 saturated carbocycles. The molecule has 152 valence electrons. The maximum Gasteiger partial charge on any atom is 0.323 e. The van der Waals surface area contributed by atoms with Crippen LogP contribution in [-0.4, -0.2) is 41.2 Å². The summed E-state index contributed by atoms with van der Waals surface area (Å²) in [5.41, 5.74) is 3.17. The van der Waals surface area contributed by atoms with Gasteiger partial charge in [0.25, 0.3) is 0 Å². The van der Waals surface area contributed by atoms with E-state index >= 15 is 0 Å². The summed E-state index contributed by atoms with van der Waals surface area (Å²) in [4.78, 5) is 39.4. The summed E-state index contributed by atoms with van der Waals surface area (Å²) in [6, 6.07) is 5.19. The van der Waals surface area contributed by atoms with Crippen molar-refractivity contribution >= 4 is 29.1 Å². The number of allylic oxidation sites excluding steroid dienone is 4. The zero-order valence-corrected chi connectivity index (χ0v) is 16.9. The zero-order chi connectivity index (χ0) is 20.7. The highest BCUT2D eigenvalue weighted by atomic mass is 35.5. The average molecular weight is 416 g/mol. The number of hydrogen-bond donors (Lipinski definition) is 1. The molecule has 0 saturated heterocycles. The van der Waals surface area contributed by atoms with Crippen molar-refractivity contribution in [2.24, 2.45) is 0 Å². The van der Waals surface area contributed by atoms with Crippen LogP contribution in [0.5, 0.6) is 5.75 Å². The number of carboxylic acids is 1. The van der Waals surface area contributed by atoms with Gasteiger partial charge in [0, 0.05) is 51.9 Å². The SMILES string of the molecule is COc1ccc(Cl)cc1C1C2=C(CCCC2=O)N(CC(=O)O)C2=C1C(=O)CCC2. The van der Waals surface area contributed by atoms with Crippen LogP contribution in [0.2, 0.25) is 5.02 Å². The predicted molar refractivity (Wildman–Crippen MR) is 107 cm³/mol. The number of rotatable bonds is 4. The molecular weight excluding hydrogens is 394 g/mol. The number of methoxy groups -OCH3 is 1. The molecule has 0 aromatic heterocycles. The van der Waals surface area contributed by atoms with E-state index in [0.29, 0.717) is 66.0 Å². The number of hydrogen-bond acceptors (Lipinski definition) is 5. The largest absolute Gasteiger partial charge is 0.496 e. The van der Waals surface area contributed by atoms with Crippen LogP contribution in [0.25, 0.3) is 0 Å². The number of aliphatic carboxylic acids is 1. The van der Waals surface area contributed by atoms with Crippen molar-refractivity contribution in [2.45, 2.75) is 44.4 Å². The molecule has 0 bridgehead atoms. The molecule has 0 atom stereocenters. The summed E-state index contributed by atoms with van der Waals surface area (Å²) in [6.45, 7) is -0.252. The minimum absolute atomic E-state index is 0.0430. The van der Waals surface area contributed by atoms with Crippen LogP contribution < -0.4 is 4.74 Å². The molecule has 1 aliphatic heterocycles. The number of ketones is 2. The maximum atomic E-state index is 13.1. The lowest BCUT2D eigenvalue weighted by Gasteiger charge is -2.43. The second kappa shape index (κ2) is 7.67. The van der Waals surface area contributed by atoms with E-state index in [1.807, 2.05) is 0 Å². The molecule has 1 N–H and O–H groups in total. The lowest BCUT2D eigenvalue weighted by atomic mass is 9.70. The molecule has 1 aromatic carbocycles. The Morgan fingerprint density at radius 3 is 2.21 bits per heavy atom. The molecule has 0 unspecified atom stereocenters. The number of carboxylic acid groups (broad SMARTS) is 1. The standard InChI is InChI=1S/C22H22ClNO5/c1-29-18-9-8-12(23)10-13(18)20-21-14(4-2-6-16(21)25)24(11-19(27)28)15-5-3-7-17(26)22(15)20/h8-10,20H,2-7,11H2,1H3,(H,27,28). The van der Waals surface area contributed by atoms with Crippen LogP contribution in [-0.2, 0) is 14.4 Å². The fraction of sp³-hybridized carbons (Fsp3) is 0.409. The highest BCUT2D eigenvalue weighted by Gasteiger charge is 2.44. The molecule has 7 heteroatoms. The van der Waals surface area contributed by atoms with Gasteiger partial charge in [-0.15, -0.1) is 0 Å². The lowest BCUT2D eigenvalue weighted by molar-refractivity contribution is -0.138. The molecule has 0 radical (unpaired) electrons. The average Bonchev–Trinajstić information content (AvgIpc) is 2.68. The van der Waals surface area contributed by atoms with Gasteiger partial charge < -0.3 is 14.7 Å². The van der Waals surface area contributed by atoms with Crippen LogP contribution in [0.4, 0.5) is 0 Å². The van der Waals surface area contributed by atoms with Crippen molar-refractivity contribution in [3.05, 3.63) is 51.3 Å². The Kier molecular flexibility index (Phi) is 5.21. The van der Waals surface area contributed by atoms with E-state index in [1.54, 1.807) is 30.2 Å². The Hall–Kier alpha value is -2.60. The minimum Gasteiger partial charge on any atom is -0.496 e. The predicted octanol–water partition coefficient (Wildman–Crippen LogP) is 3.85. The number of halogens is 1. The summed E-state index contributed by atoms with van der Waals surface area (Å²) >= 11 is 6.27. The summed E-state index contributed by atoms with van der Waals surface area (Å²) in [5.74, 6) is -1.09. The highest BCUT2D eigenvalue weighted by molar-refractivity contribution is 6.30. The second-order valence-electron chi connectivity index (χ2n) is 7.57. The van der Waals surface area contributed by atoms with Gasteiger partial charge in [-0.3, -0.25) is 14.4 Å². The van der Waals surface area contributed by atoms with Gasteiger partial charge in [-0.25, -0.2) is 0 Å². The van der Waals surface area contributed by atoms with Gasteiger partial charge in [0.2, 0.25) is 0 Å². The summed E-state index contributed by atoms with van der Waals surface area (Å²) in [6.07, 6.45) is 3.33. The molecular formula is C22H22ClNO5. The number of Topliss-reactive ketones (excluding diaryl/α,β-unsaturated/α-hetero) is 2. The van der Waals surface area contributed by atoms with Gasteiger partial charge >= 0.3 is 5.97 Å². The smallest absolute Gasteiger partial charge is 0.323 e. The summed E-state index contributed by atoms with van der Waals surface area (Å²) in [7, 11) is 1.54. The number of nitrogens with zero attached hydrogens (tertiary/aromatic N) is 1. The number of carbonyl (C=O) groups is 3. The Labute approximate surface area is 173 Å². The van der Waals surface area contributed by atoms with Crippen molar-refractivity contribution < 1.29 is 24.2 Å². The van der Waals surface area contributed by atoms with Crippen molar-refractivity contribution in [2.75, 3.05) is 13.7 Å². The molecule has 0 spiro atoms. The molecule has 1 heterocycles.